The molecule has 2 unspecified atom stereocenters. The third-order valence-corrected chi connectivity index (χ3v) is 15.2. The van der Waals surface area contributed by atoms with E-state index in [2.05, 4.69) is 55.6 Å². The Morgan fingerprint density at radius 2 is 0.685 bits per heavy atom. The van der Waals surface area contributed by atoms with Crippen molar-refractivity contribution in [2.45, 2.75) is 366 Å². The van der Waals surface area contributed by atoms with Crippen LogP contribution in [0.1, 0.15) is 354 Å². The number of nitrogens with one attached hydrogen (secondary N) is 1. The highest BCUT2D eigenvalue weighted by atomic mass is 16.5. The minimum atomic E-state index is -0.662. The van der Waals surface area contributed by atoms with Crippen LogP contribution in [0, 0.1) is 0 Å². The monoisotopic (exact) mass is 1030 g/mol. The lowest BCUT2D eigenvalue weighted by Crippen LogP contribution is -2.45. The molecule has 0 saturated carbocycles. The smallest absolute Gasteiger partial charge is 0.305 e. The van der Waals surface area contributed by atoms with Crippen molar-refractivity contribution < 1.29 is 24.5 Å². The number of ether oxygens (including phenoxy) is 1. The van der Waals surface area contributed by atoms with E-state index < -0.39 is 12.1 Å². The summed E-state index contributed by atoms with van der Waals surface area (Å²) in [6, 6.07) is -0.540. The maximum absolute atomic E-state index is 12.4. The van der Waals surface area contributed by atoms with E-state index in [1.54, 1.807) is 0 Å². The van der Waals surface area contributed by atoms with Crippen LogP contribution in [0.2, 0.25) is 0 Å². The second-order valence-electron chi connectivity index (χ2n) is 22.4. The number of esters is 1. The van der Waals surface area contributed by atoms with Crippen LogP contribution in [0.3, 0.4) is 0 Å². The van der Waals surface area contributed by atoms with Crippen LogP contribution in [0.15, 0.2) is 36.5 Å². The summed E-state index contributed by atoms with van der Waals surface area (Å²) in [7, 11) is 0. The van der Waals surface area contributed by atoms with Gasteiger partial charge in [-0.05, 0) is 83.5 Å². The van der Waals surface area contributed by atoms with E-state index in [0.717, 1.165) is 51.4 Å². The molecule has 0 aliphatic rings. The van der Waals surface area contributed by atoms with E-state index in [-0.39, 0.29) is 18.5 Å². The van der Waals surface area contributed by atoms with Gasteiger partial charge in [-0.2, -0.15) is 0 Å². The van der Waals surface area contributed by atoms with Gasteiger partial charge >= 0.3 is 5.97 Å². The molecule has 1 amide bonds. The second-order valence-corrected chi connectivity index (χ2v) is 22.4. The molecule has 3 N–H and O–H groups in total. The molecule has 6 nitrogen and oxygen atoms in total. The maximum Gasteiger partial charge on any atom is 0.305 e. The van der Waals surface area contributed by atoms with Crippen molar-refractivity contribution in [3.05, 3.63) is 36.5 Å². The van der Waals surface area contributed by atoms with Crippen molar-refractivity contribution in [3.8, 4) is 0 Å². The van der Waals surface area contributed by atoms with Gasteiger partial charge in [0.2, 0.25) is 5.91 Å². The molecule has 0 radical (unpaired) electrons. The molecule has 0 spiro atoms. The summed E-state index contributed by atoms with van der Waals surface area (Å²) in [5, 5.41) is 23.2. The van der Waals surface area contributed by atoms with Gasteiger partial charge in [0, 0.05) is 12.8 Å². The van der Waals surface area contributed by atoms with Crippen molar-refractivity contribution >= 4 is 11.9 Å². The third-order valence-electron chi connectivity index (χ3n) is 15.2. The number of allylic oxidation sites excluding steroid dienone is 6. The van der Waals surface area contributed by atoms with Crippen molar-refractivity contribution in [2.75, 3.05) is 13.2 Å². The van der Waals surface area contributed by atoms with E-state index >= 15 is 0 Å². The molecular weight excluding hydrogens is 899 g/mol. The predicted octanol–water partition coefficient (Wildman–Crippen LogP) is 20.8. The molecule has 6 heteroatoms. The lowest BCUT2D eigenvalue weighted by atomic mass is 10.0. The summed E-state index contributed by atoms with van der Waals surface area (Å²) < 4.78 is 5.50. The van der Waals surface area contributed by atoms with Crippen LogP contribution in [0.5, 0.6) is 0 Å². The molecule has 0 heterocycles. The standard InChI is InChI=1S/C67H127NO5/c1-3-5-7-9-11-13-15-16-17-18-32-35-38-41-45-49-53-57-61-67(72)73-62-58-54-50-46-42-39-36-33-30-28-26-24-22-20-19-21-23-25-27-29-31-34-37-40-44-48-52-56-60-66(71)68-64(63-69)65(70)59-55-51-47-43-14-12-10-8-6-4-2/h13,15,17-20,64-65,69-70H,3-12,14,16,21-63H2,1-2H3,(H,68,71)/b15-13-,18-17-,20-19-. The third kappa shape index (κ3) is 59.2. The Labute approximate surface area is 455 Å². The average Bonchev–Trinajstić information content (AvgIpc) is 3.39. The second kappa shape index (κ2) is 62.6. The molecule has 0 aromatic rings. The number of unbranched alkanes of at least 4 members (excludes halogenated alkanes) is 44. The minimum Gasteiger partial charge on any atom is -0.466 e. The van der Waals surface area contributed by atoms with Gasteiger partial charge in [-0.15, -0.1) is 0 Å². The maximum atomic E-state index is 12.4. The molecule has 2 atom stereocenters. The largest absolute Gasteiger partial charge is 0.466 e. The number of hydrogen-bond donors (Lipinski definition) is 3. The summed E-state index contributed by atoms with van der Waals surface area (Å²) in [4.78, 5) is 24.5. The highest BCUT2D eigenvalue weighted by Crippen LogP contribution is 2.18. The number of rotatable bonds is 61. The fourth-order valence-corrected chi connectivity index (χ4v) is 10.1. The Bertz CT molecular complexity index is 1180. The molecule has 0 aromatic heterocycles. The molecule has 0 saturated heterocycles. The van der Waals surface area contributed by atoms with Gasteiger partial charge in [-0.3, -0.25) is 9.59 Å². The highest BCUT2D eigenvalue weighted by Gasteiger charge is 2.20. The van der Waals surface area contributed by atoms with Crippen molar-refractivity contribution in [1.82, 2.24) is 5.32 Å². The molecule has 0 fully saturated rings. The number of carbonyl (C=O) groups excluding carboxylic acids is 2. The number of aliphatic hydroxyl groups is 2. The fraction of sp³-hybridized carbons (Fsp3) is 0.881. The summed E-state index contributed by atoms with van der Waals surface area (Å²) in [6.07, 6.45) is 78.9. The molecule has 0 bridgehead atoms. The molecule has 0 rings (SSSR count). The van der Waals surface area contributed by atoms with Gasteiger partial charge in [-0.25, -0.2) is 0 Å². The van der Waals surface area contributed by atoms with Crippen molar-refractivity contribution in [2.24, 2.45) is 0 Å². The van der Waals surface area contributed by atoms with E-state index in [4.69, 9.17) is 4.74 Å². The number of carbonyl (C=O) groups is 2. The first-order valence-electron chi connectivity index (χ1n) is 32.7. The molecule has 0 aliphatic carbocycles. The minimum absolute atomic E-state index is 0.00855. The van der Waals surface area contributed by atoms with Gasteiger partial charge in [0.05, 0.1) is 25.4 Å². The SMILES string of the molecule is CCCCCC/C=C\C/C=C\CCCCCCCCCC(=O)OCCCCCCCCCCCCCC/C=C\CCCCCCCCCCCCCCC(=O)NC(CO)C(O)CCCCCCCCCCCC. The fourth-order valence-electron chi connectivity index (χ4n) is 10.1. The Morgan fingerprint density at radius 1 is 0.384 bits per heavy atom. The predicted molar refractivity (Wildman–Crippen MR) is 319 cm³/mol. The highest BCUT2D eigenvalue weighted by molar-refractivity contribution is 5.76. The lowest BCUT2D eigenvalue weighted by molar-refractivity contribution is -0.143. The first-order valence-corrected chi connectivity index (χ1v) is 32.7. The van der Waals surface area contributed by atoms with E-state index in [9.17, 15) is 19.8 Å². The molecule has 0 aromatic carbocycles. The Balaban J connectivity index is 3.35. The van der Waals surface area contributed by atoms with Crippen LogP contribution in [-0.4, -0.2) is 47.4 Å². The molecular formula is C67H127NO5. The summed E-state index contributed by atoms with van der Waals surface area (Å²) in [5.74, 6) is -0.0272. The van der Waals surface area contributed by atoms with Crippen LogP contribution < -0.4 is 5.32 Å². The zero-order valence-corrected chi connectivity index (χ0v) is 49.1. The first-order chi connectivity index (χ1) is 36.0. The van der Waals surface area contributed by atoms with Crippen LogP contribution in [-0.2, 0) is 14.3 Å². The summed E-state index contributed by atoms with van der Waals surface area (Å²) in [6.45, 7) is 4.93. The zero-order valence-electron chi connectivity index (χ0n) is 49.1. The van der Waals surface area contributed by atoms with Gasteiger partial charge in [0.25, 0.3) is 0 Å². The average molecular weight is 1030 g/mol. The quantitative estimate of drug-likeness (QED) is 0.0320. The van der Waals surface area contributed by atoms with Gasteiger partial charge in [-0.1, -0.05) is 294 Å². The molecule has 0 aliphatic heterocycles. The Morgan fingerprint density at radius 3 is 1.07 bits per heavy atom. The number of amides is 1. The van der Waals surface area contributed by atoms with Crippen LogP contribution in [0.25, 0.3) is 0 Å². The number of aliphatic hydroxyl groups excluding tert-OH is 2. The Kier molecular flexibility index (Phi) is 61.0. The van der Waals surface area contributed by atoms with Crippen molar-refractivity contribution in [3.63, 3.8) is 0 Å². The topological polar surface area (TPSA) is 95.9 Å². The van der Waals surface area contributed by atoms with E-state index in [1.807, 2.05) is 0 Å². The van der Waals surface area contributed by atoms with Crippen molar-refractivity contribution in [1.29, 1.82) is 0 Å². The first kappa shape index (κ1) is 71.1. The normalized spacial score (nSPS) is 12.8. The number of hydrogen-bond acceptors (Lipinski definition) is 5. The van der Waals surface area contributed by atoms with Crippen LogP contribution in [0.4, 0.5) is 0 Å². The van der Waals surface area contributed by atoms with E-state index in [1.165, 1.54) is 270 Å². The molecule has 430 valence electrons. The van der Waals surface area contributed by atoms with Crippen LogP contribution >= 0.6 is 0 Å². The van der Waals surface area contributed by atoms with Gasteiger partial charge in [0.1, 0.15) is 0 Å². The summed E-state index contributed by atoms with van der Waals surface area (Å²) in [5.41, 5.74) is 0. The van der Waals surface area contributed by atoms with Gasteiger partial charge in [0.15, 0.2) is 0 Å². The van der Waals surface area contributed by atoms with E-state index in [0.29, 0.717) is 25.9 Å². The Hall–Kier alpha value is -1.92. The van der Waals surface area contributed by atoms with Gasteiger partial charge < -0.3 is 20.3 Å². The summed E-state index contributed by atoms with van der Waals surface area (Å²) >= 11 is 0. The molecule has 73 heavy (non-hydrogen) atoms. The lowest BCUT2D eigenvalue weighted by Gasteiger charge is -2.22. The zero-order chi connectivity index (χ0) is 52.9.